The first kappa shape index (κ1) is 21.4. The summed E-state index contributed by atoms with van der Waals surface area (Å²) in [5, 5.41) is 6.95. The maximum atomic E-state index is 14.2. The Morgan fingerprint density at radius 3 is 2.52 bits per heavy atom. The molecule has 3 nitrogen and oxygen atoms in total. The second-order valence-corrected chi connectivity index (χ2v) is 8.35. The van der Waals surface area contributed by atoms with Gasteiger partial charge < -0.3 is 10.2 Å². The number of nitrogens with one attached hydrogen (secondary N) is 1. The number of benzene rings is 2. The molecule has 164 valence electrons. The highest BCUT2D eigenvalue weighted by atomic mass is 19.4. The number of oxime groups is 1. The molecule has 0 bridgehead atoms. The molecule has 4 rings (SSSR count). The number of aryl methyl sites for hydroxylation is 1. The highest BCUT2D eigenvalue weighted by molar-refractivity contribution is 6.03. The van der Waals surface area contributed by atoms with E-state index in [0.717, 1.165) is 38.2 Å². The smallest absolute Gasteiger partial charge is 0.389 e. The molecule has 1 saturated carbocycles. The van der Waals surface area contributed by atoms with E-state index < -0.39 is 17.6 Å². The van der Waals surface area contributed by atoms with Crippen molar-refractivity contribution in [3.8, 4) is 11.1 Å². The first-order valence-corrected chi connectivity index (χ1v) is 10.4. The Kier molecular flexibility index (Phi) is 5.54. The Bertz CT molecular complexity index is 1040. The zero-order chi connectivity index (χ0) is 22.2. The highest BCUT2D eigenvalue weighted by Gasteiger charge is 2.41. The van der Waals surface area contributed by atoms with Crippen LogP contribution in [0, 0.1) is 12.7 Å². The SMILES string of the molecule is C=C(Nc1c(C)cc(-c2ccccc2F)cc1C(F)(F)F)C1=NOC2(CCCCC2)C1. The van der Waals surface area contributed by atoms with E-state index >= 15 is 0 Å². The molecule has 0 aromatic heterocycles. The molecule has 2 aliphatic rings. The van der Waals surface area contributed by atoms with Crippen molar-refractivity contribution in [2.75, 3.05) is 5.32 Å². The zero-order valence-corrected chi connectivity index (χ0v) is 17.3. The van der Waals surface area contributed by atoms with Gasteiger partial charge in [-0.2, -0.15) is 13.2 Å². The third-order valence-electron chi connectivity index (χ3n) is 6.05. The number of allylic oxidation sites excluding steroid dienone is 1. The van der Waals surface area contributed by atoms with Crippen molar-refractivity contribution in [1.82, 2.24) is 0 Å². The minimum Gasteiger partial charge on any atom is -0.389 e. The fourth-order valence-electron chi connectivity index (χ4n) is 4.40. The summed E-state index contributed by atoms with van der Waals surface area (Å²) in [6, 6.07) is 8.29. The van der Waals surface area contributed by atoms with Crippen LogP contribution < -0.4 is 5.32 Å². The average molecular weight is 432 g/mol. The van der Waals surface area contributed by atoms with Gasteiger partial charge in [0.1, 0.15) is 17.1 Å². The van der Waals surface area contributed by atoms with Crippen LogP contribution in [0.3, 0.4) is 0 Å². The second kappa shape index (κ2) is 8.02. The predicted octanol–water partition coefficient (Wildman–Crippen LogP) is 7.22. The van der Waals surface area contributed by atoms with Crippen LogP contribution in [0.5, 0.6) is 0 Å². The summed E-state index contributed by atoms with van der Waals surface area (Å²) in [6.45, 7) is 5.48. The maximum Gasteiger partial charge on any atom is 0.418 e. The molecular weight excluding hydrogens is 408 g/mol. The monoisotopic (exact) mass is 432 g/mol. The molecule has 1 fully saturated rings. The summed E-state index contributed by atoms with van der Waals surface area (Å²) in [6.07, 6.45) is 0.936. The van der Waals surface area contributed by atoms with Gasteiger partial charge in [-0.15, -0.1) is 0 Å². The fraction of sp³-hybridized carbons (Fsp3) is 0.375. The van der Waals surface area contributed by atoms with Gasteiger partial charge in [-0.1, -0.05) is 36.4 Å². The first-order chi connectivity index (χ1) is 14.7. The Balaban J connectivity index is 1.64. The van der Waals surface area contributed by atoms with Crippen molar-refractivity contribution in [3.63, 3.8) is 0 Å². The van der Waals surface area contributed by atoms with Gasteiger partial charge in [-0.3, -0.25) is 0 Å². The van der Waals surface area contributed by atoms with Gasteiger partial charge in [0.2, 0.25) is 0 Å². The second-order valence-electron chi connectivity index (χ2n) is 8.35. The van der Waals surface area contributed by atoms with E-state index in [1.165, 1.54) is 18.2 Å². The van der Waals surface area contributed by atoms with Gasteiger partial charge in [0.25, 0.3) is 0 Å². The topological polar surface area (TPSA) is 33.6 Å². The lowest BCUT2D eigenvalue weighted by molar-refractivity contribution is -0.136. The standard InChI is InChI=1S/C24H24F4N2O/c1-15-12-17(18-8-4-5-9-20(18)25)13-19(24(26,27)28)22(15)29-16(2)21-14-23(31-30-21)10-6-3-7-11-23/h4-5,8-9,12-13,29H,2-3,6-7,10-11,14H2,1H3. The van der Waals surface area contributed by atoms with Crippen molar-refractivity contribution in [2.45, 2.75) is 57.2 Å². The van der Waals surface area contributed by atoms with Crippen LogP contribution in [0.2, 0.25) is 0 Å². The molecule has 0 unspecified atom stereocenters. The van der Waals surface area contributed by atoms with Crippen LogP contribution in [0.15, 0.2) is 53.8 Å². The molecule has 0 radical (unpaired) electrons. The Hall–Kier alpha value is -2.83. The fourth-order valence-corrected chi connectivity index (χ4v) is 4.40. The van der Waals surface area contributed by atoms with Crippen LogP contribution in [0.1, 0.15) is 49.7 Å². The Morgan fingerprint density at radius 2 is 1.84 bits per heavy atom. The average Bonchev–Trinajstić information content (AvgIpc) is 3.12. The van der Waals surface area contributed by atoms with Gasteiger partial charge >= 0.3 is 6.18 Å². The largest absolute Gasteiger partial charge is 0.418 e. The summed E-state index contributed by atoms with van der Waals surface area (Å²) in [7, 11) is 0. The van der Waals surface area contributed by atoms with E-state index in [0.29, 0.717) is 17.7 Å². The Morgan fingerprint density at radius 1 is 1.13 bits per heavy atom. The molecule has 1 heterocycles. The minimum absolute atomic E-state index is 0.107. The zero-order valence-electron chi connectivity index (χ0n) is 17.3. The summed E-state index contributed by atoms with van der Waals surface area (Å²) < 4.78 is 55.9. The van der Waals surface area contributed by atoms with Crippen LogP contribution in [0.25, 0.3) is 11.1 Å². The quantitative estimate of drug-likeness (QED) is 0.517. The molecule has 1 aliphatic carbocycles. The van der Waals surface area contributed by atoms with Crippen molar-refractivity contribution in [3.05, 3.63) is 65.6 Å². The van der Waals surface area contributed by atoms with Crippen molar-refractivity contribution in [1.29, 1.82) is 0 Å². The van der Waals surface area contributed by atoms with Gasteiger partial charge in [0.15, 0.2) is 0 Å². The number of halogens is 4. The molecule has 0 saturated heterocycles. The summed E-state index contributed by atoms with van der Waals surface area (Å²) >= 11 is 0. The third-order valence-corrected chi connectivity index (χ3v) is 6.05. The number of hydrogen-bond acceptors (Lipinski definition) is 3. The number of nitrogens with zero attached hydrogens (tertiary/aromatic N) is 1. The van der Waals surface area contributed by atoms with Crippen molar-refractivity contribution in [2.24, 2.45) is 5.16 Å². The lowest BCUT2D eigenvalue weighted by atomic mass is 9.81. The molecule has 31 heavy (non-hydrogen) atoms. The van der Waals surface area contributed by atoms with Gasteiger partial charge in [0, 0.05) is 12.0 Å². The maximum absolute atomic E-state index is 14.2. The van der Waals surface area contributed by atoms with E-state index in [-0.39, 0.29) is 28.1 Å². The minimum atomic E-state index is -4.63. The third kappa shape index (κ3) is 4.31. The molecule has 2 aromatic carbocycles. The number of alkyl halides is 3. The molecule has 2 aromatic rings. The lowest BCUT2D eigenvalue weighted by Gasteiger charge is -2.30. The van der Waals surface area contributed by atoms with Gasteiger partial charge in [0.05, 0.1) is 16.9 Å². The van der Waals surface area contributed by atoms with Crippen LogP contribution in [0.4, 0.5) is 23.2 Å². The molecule has 7 heteroatoms. The van der Waals surface area contributed by atoms with Crippen LogP contribution in [-0.4, -0.2) is 11.3 Å². The van der Waals surface area contributed by atoms with Crippen LogP contribution in [-0.2, 0) is 11.0 Å². The molecular formula is C24H24F4N2O. The van der Waals surface area contributed by atoms with Crippen molar-refractivity contribution >= 4 is 11.4 Å². The summed E-state index contributed by atoms with van der Waals surface area (Å²) in [5.41, 5.74) is 0.109. The van der Waals surface area contributed by atoms with E-state index in [2.05, 4.69) is 17.1 Å². The van der Waals surface area contributed by atoms with E-state index in [9.17, 15) is 17.6 Å². The number of anilines is 1. The highest BCUT2D eigenvalue weighted by Crippen LogP contribution is 2.42. The number of rotatable bonds is 4. The molecule has 1 aliphatic heterocycles. The van der Waals surface area contributed by atoms with E-state index in [1.54, 1.807) is 19.1 Å². The Labute approximate surface area is 178 Å². The summed E-state index contributed by atoms with van der Waals surface area (Å²) in [4.78, 5) is 5.69. The molecule has 0 amide bonds. The molecule has 1 spiro atoms. The van der Waals surface area contributed by atoms with Gasteiger partial charge in [-0.05, 0) is 61.9 Å². The molecule has 1 N–H and O–H groups in total. The first-order valence-electron chi connectivity index (χ1n) is 10.4. The predicted molar refractivity (Wildman–Crippen MR) is 113 cm³/mol. The van der Waals surface area contributed by atoms with Crippen LogP contribution >= 0.6 is 0 Å². The normalized spacial score (nSPS) is 17.9. The van der Waals surface area contributed by atoms with E-state index in [1.807, 2.05) is 0 Å². The summed E-state index contributed by atoms with van der Waals surface area (Å²) in [5.74, 6) is -0.574. The van der Waals surface area contributed by atoms with Crippen molar-refractivity contribution < 1.29 is 22.4 Å². The number of hydrogen-bond donors (Lipinski definition) is 1. The van der Waals surface area contributed by atoms with Gasteiger partial charge in [-0.25, -0.2) is 4.39 Å². The lowest BCUT2D eigenvalue weighted by Crippen LogP contribution is -2.32. The van der Waals surface area contributed by atoms with E-state index in [4.69, 9.17) is 4.84 Å². The molecule has 0 atom stereocenters.